The molecule has 0 radical (unpaired) electrons. The molecule has 2 aromatic rings. The summed E-state index contributed by atoms with van der Waals surface area (Å²) in [4.78, 5) is 26.8. The lowest BCUT2D eigenvalue weighted by molar-refractivity contribution is -0.138. The number of carbonyl (C=O) groups excluding carboxylic acids is 2. The Morgan fingerprint density at radius 1 is 1.13 bits per heavy atom. The van der Waals surface area contributed by atoms with Gasteiger partial charge in [-0.1, -0.05) is 58.0 Å². The van der Waals surface area contributed by atoms with Crippen LogP contribution in [0.15, 0.2) is 36.4 Å². The van der Waals surface area contributed by atoms with Crippen molar-refractivity contribution in [3.05, 3.63) is 53.1 Å². The van der Waals surface area contributed by atoms with Crippen LogP contribution in [-0.4, -0.2) is 29.7 Å². The highest BCUT2D eigenvalue weighted by Crippen LogP contribution is 2.46. The summed E-state index contributed by atoms with van der Waals surface area (Å²) in [5, 5.41) is 0. The molecule has 30 heavy (non-hydrogen) atoms. The van der Waals surface area contributed by atoms with Gasteiger partial charge in [0.15, 0.2) is 5.78 Å². The molecule has 1 heterocycles. The van der Waals surface area contributed by atoms with E-state index in [2.05, 4.69) is 25.1 Å². The molecule has 0 unspecified atom stereocenters. The maximum absolute atomic E-state index is 12.6. The number of ketones is 1. The molecule has 1 aliphatic heterocycles. The van der Waals surface area contributed by atoms with E-state index in [0.717, 1.165) is 30.4 Å². The largest absolute Gasteiger partial charge is 0.398 e. The number of piperidine rings is 1. The van der Waals surface area contributed by atoms with Gasteiger partial charge in [0, 0.05) is 47.2 Å². The van der Waals surface area contributed by atoms with Crippen LogP contribution in [0.1, 0.15) is 68.4 Å². The highest BCUT2D eigenvalue weighted by Gasteiger charge is 2.46. The van der Waals surface area contributed by atoms with E-state index in [-0.39, 0.29) is 23.1 Å². The Balaban J connectivity index is 1.69. The van der Waals surface area contributed by atoms with Crippen LogP contribution >= 0.6 is 0 Å². The second kappa shape index (κ2) is 6.97. The first kappa shape index (κ1) is 20.6. The van der Waals surface area contributed by atoms with Crippen LogP contribution in [-0.2, 0) is 16.6 Å². The van der Waals surface area contributed by atoms with Gasteiger partial charge in [0.05, 0.1) is 0 Å². The number of Topliss-reactive ketones (excluding diaryl/α,β-unsaturated/α-hetero) is 1. The van der Waals surface area contributed by atoms with Crippen molar-refractivity contribution >= 4 is 17.4 Å². The van der Waals surface area contributed by atoms with Crippen molar-refractivity contribution in [3.8, 4) is 11.1 Å². The molecule has 0 spiro atoms. The Morgan fingerprint density at radius 3 is 2.53 bits per heavy atom. The molecular formula is C26H32N2O2. The third kappa shape index (κ3) is 3.23. The van der Waals surface area contributed by atoms with E-state index in [1.165, 1.54) is 11.1 Å². The second-order valence-electron chi connectivity index (χ2n) is 10.2. The van der Waals surface area contributed by atoms with Crippen molar-refractivity contribution in [2.75, 3.05) is 12.8 Å². The summed E-state index contributed by atoms with van der Waals surface area (Å²) >= 11 is 0. The van der Waals surface area contributed by atoms with Crippen LogP contribution in [0.25, 0.3) is 11.1 Å². The quantitative estimate of drug-likeness (QED) is 0.566. The van der Waals surface area contributed by atoms with Gasteiger partial charge in [-0.05, 0) is 42.0 Å². The first-order chi connectivity index (χ1) is 14.0. The van der Waals surface area contributed by atoms with E-state index in [1.54, 1.807) is 6.07 Å². The first-order valence-electron chi connectivity index (χ1n) is 10.9. The van der Waals surface area contributed by atoms with Crippen LogP contribution in [0.2, 0.25) is 0 Å². The molecule has 2 aromatic carbocycles. The number of fused-ring (bicyclic) bond motifs is 3. The number of nitrogens with zero attached hydrogens (tertiary/aromatic N) is 1. The normalized spacial score (nSPS) is 23.7. The van der Waals surface area contributed by atoms with Crippen LogP contribution in [0, 0.1) is 5.41 Å². The topological polar surface area (TPSA) is 63.4 Å². The van der Waals surface area contributed by atoms with Gasteiger partial charge in [0.1, 0.15) is 0 Å². The molecule has 4 nitrogen and oxygen atoms in total. The van der Waals surface area contributed by atoms with Crippen molar-refractivity contribution in [2.24, 2.45) is 5.41 Å². The number of nitrogen functional groups attached to an aromatic ring is 1. The lowest BCUT2D eigenvalue weighted by Gasteiger charge is -2.50. The van der Waals surface area contributed by atoms with Gasteiger partial charge in [0.25, 0.3) is 0 Å². The fourth-order valence-corrected chi connectivity index (χ4v) is 5.35. The molecule has 158 valence electrons. The Hall–Kier alpha value is -2.62. The summed E-state index contributed by atoms with van der Waals surface area (Å²) in [6.45, 7) is 8.08. The Kier molecular flexibility index (Phi) is 4.80. The van der Waals surface area contributed by atoms with Crippen molar-refractivity contribution in [1.29, 1.82) is 0 Å². The minimum atomic E-state index is -0.430. The van der Waals surface area contributed by atoms with E-state index in [0.29, 0.717) is 17.7 Å². The zero-order valence-corrected chi connectivity index (χ0v) is 18.7. The summed E-state index contributed by atoms with van der Waals surface area (Å²) in [7, 11) is 1.95. The van der Waals surface area contributed by atoms with E-state index >= 15 is 0 Å². The standard InChI is InChI=1S/C26H32N2O2/c1-25(2,3)24(30)18-6-9-19(21(27)15-18)16-7-10-20-17(14-16)8-11-22-26(20,4)13-12-23(29)28(22)5/h6-7,9-10,14-15,22H,8,11-13,27H2,1-5H3/t22-,26-/m1/s1. The Labute approximate surface area is 179 Å². The van der Waals surface area contributed by atoms with Gasteiger partial charge < -0.3 is 10.6 Å². The number of hydrogen-bond acceptors (Lipinski definition) is 3. The average molecular weight is 405 g/mol. The minimum Gasteiger partial charge on any atom is -0.398 e. The number of benzene rings is 2. The Morgan fingerprint density at radius 2 is 1.87 bits per heavy atom. The number of aryl methyl sites for hydroxylation is 1. The molecule has 2 atom stereocenters. The summed E-state index contributed by atoms with van der Waals surface area (Å²) < 4.78 is 0. The molecule has 4 heteroatoms. The second-order valence-corrected chi connectivity index (χ2v) is 10.2. The fraction of sp³-hybridized carbons (Fsp3) is 0.462. The number of likely N-dealkylation sites (N-methyl/N-ethyl adjacent to an activating group) is 1. The molecule has 2 aliphatic rings. The highest BCUT2D eigenvalue weighted by atomic mass is 16.2. The molecule has 2 N–H and O–H groups in total. The summed E-state index contributed by atoms with van der Waals surface area (Å²) in [5.74, 6) is 0.358. The van der Waals surface area contributed by atoms with E-state index in [9.17, 15) is 9.59 Å². The first-order valence-corrected chi connectivity index (χ1v) is 10.9. The summed E-state index contributed by atoms with van der Waals surface area (Å²) in [6.07, 6.45) is 3.46. The molecule has 1 fully saturated rings. The van der Waals surface area contributed by atoms with E-state index < -0.39 is 5.41 Å². The van der Waals surface area contributed by atoms with E-state index in [1.807, 2.05) is 44.9 Å². The minimum absolute atomic E-state index is 0.00328. The maximum atomic E-state index is 12.6. The number of rotatable bonds is 2. The van der Waals surface area contributed by atoms with Crippen LogP contribution < -0.4 is 5.73 Å². The Bertz CT molecular complexity index is 1030. The highest BCUT2D eigenvalue weighted by molar-refractivity contribution is 6.01. The lowest BCUT2D eigenvalue weighted by atomic mass is 9.63. The number of anilines is 1. The third-order valence-electron chi connectivity index (χ3n) is 7.17. The number of amides is 1. The van der Waals surface area contributed by atoms with Crippen molar-refractivity contribution in [1.82, 2.24) is 4.90 Å². The number of nitrogens with two attached hydrogens (primary N) is 1. The molecule has 0 bridgehead atoms. The van der Waals surface area contributed by atoms with Crippen LogP contribution in [0.3, 0.4) is 0 Å². The van der Waals surface area contributed by atoms with Crippen molar-refractivity contribution in [2.45, 2.75) is 64.8 Å². The third-order valence-corrected chi connectivity index (χ3v) is 7.17. The predicted molar refractivity (Wildman–Crippen MR) is 122 cm³/mol. The summed E-state index contributed by atoms with van der Waals surface area (Å²) in [6, 6.07) is 12.6. The molecule has 0 aromatic heterocycles. The number of likely N-dealkylation sites (tertiary alicyclic amines) is 1. The van der Waals surface area contributed by atoms with Gasteiger partial charge in [-0.25, -0.2) is 0 Å². The van der Waals surface area contributed by atoms with Crippen LogP contribution in [0.5, 0.6) is 0 Å². The average Bonchev–Trinajstić information content (AvgIpc) is 2.69. The van der Waals surface area contributed by atoms with E-state index in [4.69, 9.17) is 5.73 Å². The van der Waals surface area contributed by atoms with Gasteiger partial charge in [0.2, 0.25) is 5.91 Å². The summed E-state index contributed by atoms with van der Waals surface area (Å²) in [5.41, 5.74) is 12.0. The zero-order valence-electron chi connectivity index (χ0n) is 18.7. The predicted octanol–water partition coefficient (Wildman–Crippen LogP) is 4.99. The van der Waals surface area contributed by atoms with Crippen molar-refractivity contribution < 1.29 is 9.59 Å². The molecule has 1 saturated heterocycles. The van der Waals surface area contributed by atoms with Gasteiger partial charge in [-0.2, -0.15) is 0 Å². The molecule has 0 saturated carbocycles. The fourth-order valence-electron chi connectivity index (χ4n) is 5.35. The van der Waals surface area contributed by atoms with Gasteiger partial charge in [-0.15, -0.1) is 0 Å². The SMILES string of the molecule is CN1C(=O)CC[C@]2(C)c3ccc(-c4ccc(C(=O)C(C)(C)C)cc4N)cc3CC[C@@H]12. The lowest BCUT2D eigenvalue weighted by Crippen LogP contribution is -2.56. The molecular weight excluding hydrogens is 372 g/mol. The smallest absolute Gasteiger partial charge is 0.222 e. The molecule has 1 amide bonds. The number of hydrogen-bond donors (Lipinski definition) is 1. The van der Waals surface area contributed by atoms with Crippen LogP contribution in [0.4, 0.5) is 5.69 Å². The van der Waals surface area contributed by atoms with Gasteiger partial charge in [-0.3, -0.25) is 9.59 Å². The molecule has 4 rings (SSSR count). The maximum Gasteiger partial charge on any atom is 0.222 e. The monoisotopic (exact) mass is 404 g/mol. The number of carbonyl (C=O) groups is 2. The zero-order chi connectivity index (χ0) is 21.8. The van der Waals surface area contributed by atoms with Crippen molar-refractivity contribution in [3.63, 3.8) is 0 Å². The van der Waals surface area contributed by atoms with Gasteiger partial charge >= 0.3 is 0 Å². The molecule has 1 aliphatic carbocycles.